The molecule has 0 spiro atoms. The van der Waals surface area contributed by atoms with Gasteiger partial charge < -0.3 is 19.8 Å². The van der Waals surface area contributed by atoms with E-state index in [1.54, 1.807) is 28.8 Å². The second kappa shape index (κ2) is 8.52. The van der Waals surface area contributed by atoms with Gasteiger partial charge in [-0.05, 0) is 31.2 Å². The number of nitrogens with one attached hydrogen (secondary N) is 1. The summed E-state index contributed by atoms with van der Waals surface area (Å²) in [5.74, 6) is -0.333. The van der Waals surface area contributed by atoms with Gasteiger partial charge in [0.25, 0.3) is 0 Å². The number of benzene rings is 2. The smallest absolute Gasteiger partial charge is 0.447 e. The number of aryl methyl sites for hydroxylation is 1. The third kappa shape index (κ3) is 4.58. The number of halogens is 4. The topological polar surface area (TPSA) is 78.5 Å². The van der Waals surface area contributed by atoms with Crippen LogP contribution in [0.5, 0.6) is 5.75 Å². The lowest BCUT2D eigenvalue weighted by atomic mass is 10.1. The maximum Gasteiger partial charge on any atom is 0.573 e. The number of carbonyl (C=O) groups is 1. The van der Waals surface area contributed by atoms with E-state index in [4.69, 9.17) is 5.73 Å². The fourth-order valence-electron chi connectivity index (χ4n) is 3.19. The number of nitrogen functional groups attached to an aromatic ring is 1. The van der Waals surface area contributed by atoms with Crippen LogP contribution in [0.15, 0.2) is 42.5 Å². The number of rotatable bonds is 6. The molecule has 6 nitrogen and oxygen atoms in total. The third-order valence-corrected chi connectivity index (χ3v) is 4.34. The van der Waals surface area contributed by atoms with Crippen molar-refractivity contribution in [2.24, 2.45) is 0 Å². The maximum atomic E-state index is 12.6. The average Bonchev–Trinajstić information content (AvgIpc) is 2.97. The monoisotopic (exact) mass is 425 g/mol. The molecule has 0 atom stereocenters. The number of anilines is 2. The van der Waals surface area contributed by atoms with E-state index in [9.17, 15) is 22.4 Å². The maximum absolute atomic E-state index is 12.6. The normalized spacial score (nSPS) is 11.5. The fraction of sp³-hybridized carbons (Fsp3) is 0.250. The summed E-state index contributed by atoms with van der Waals surface area (Å²) in [6, 6.07) is 10.6. The SMILES string of the molecule is CCn1c(-c2ccc(NC(=O)OCCF)cc2)c(N)c2ccc(OC(F)(F)F)cc21. The molecule has 1 heterocycles. The molecule has 0 fully saturated rings. The van der Waals surface area contributed by atoms with Crippen LogP contribution in [0, 0.1) is 0 Å². The summed E-state index contributed by atoms with van der Waals surface area (Å²) < 4.78 is 60.1. The van der Waals surface area contributed by atoms with Gasteiger partial charge in [-0.2, -0.15) is 0 Å². The Balaban J connectivity index is 1.95. The van der Waals surface area contributed by atoms with Gasteiger partial charge in [-0.3, -0.25) is 5.32 Å². The van der Waals surface area contributed by atoms with E-state index in [1.165, 1.54) is 18.2 Å². The minimum absolute atomic E-state index is 0.333. The van der Waals surface area contributed by atoms with Crippen LogP contribution in [0.3, 0.4) is 0 Å². The van der Waals surface area contributed by atoms with Crippen molar-refractivity contribution < 1.29 is 31.8 Å². The lowest BCUT2D eigenvalue weighted by Gasteiger charge is -2.11. The molecule has 2 aromatic carbocycles. The molecule has 0 saturated carbocycles. The predicted octanol–water partition coefficient (Wildman–Crippen LogP) is 5.33. The van der Waals surface area contributed by atoms with Crippen molar-refractivity contribution in [3.05, 3.63) is 42.5 Å². The number of ether oxygens (including phenoxy) is 2. The number of aromatic nitrogens is 1. The van der Waals surface area contributed by atoms with Crippen LogP contribution in [0.1, 0.15) is 6.92 Å². The number of nitrogens with two attached hydrogens (primary N) is 1. The molecule has 0 bridgehead atoms. The second-order valence-electron chi connectivity index (χ2n) is 6.26. The van der Waals surface area contributed by atoms with E-state index in [0.29, 0.717) is 40.1 Å². The third-order valence-electron chi connectivity index (χ3n) is 4.34. The summed E-state index contributed by atoms with van der Waals surface area (Å²) >= 11 is 0. The molecule has 3 N–H and O–H groups in total. The first-order valence-corrected chi connectivity index (χ1v) is 9.01. The largest absolute Gasteiger partial charge is 0.573 e. The van der Waals surface area contributed by atoms with Crippen molar-refractivity contribution in [1.82, 2.24) is 4.57 Å². The Hall–Kier alpha value is -3.43. The first-order valence-electron chi connectivity index (χ1n) is 9.01. The first kappa shape index (κ1) is 21.3. The van der Waals surface area contributed by atoms with Gasteiger partial charge in [0.2, 0.25) is 0 Å². The molecular weight excluding hydrogens is 406 g/mol. The number of fused-ring (bicyclic) bond motifs is 1. The van der Waals surface area contributed by atoms with Crippen LogP contribution < -0.4 is 15.8 Å². The van der Waals surface area contributed by atoms with E-state index < -0.39 is 19.1 Å². The van der Waals surface area contributed by atoms with Gasteiger partial charge in [0, 0.05) is 29.2 Å². The van der Waals surface area contributed by atoms with Crippen molar-refractivity contribution in [2.75, 3.05) is 24.3 Å². The highest BCUT2D eigenvalue weighted by atomic mass is 19.4. The van der Waals surface area contributed by atoms with Crippen LogP contribution >= 0.6 is 0 Å². The Labute approximate surface area is 169 Å². The molecule has 0 aliphatic heterocycles. The number of nitrogens with zero attached hydrogens (tertiary/aromatic N) is 1. The van der Waals surface area contributed by atoms with Gasteiger partial charge in [0.05, 0.1) is 16.9 Å². The number of carbonyl (C=O) groups excluding carboxylic acids is 1. The van der Waals surface area contributed by atoms with Crippen LogP contribution in [0.2, 0.25) is 0 Å². The van der Waals surface area contributed by atoms with Gasteiger partial charge in [-0.15, -0.1) is 13.2 Å². The van der Waals surface area contributed by atoms with Crippen molar-refractivity contribution in [3.63, 3.8) is 0 Å². The average molecular weight is 425 g/mol. The van der Waals surface area contributed by atoms with Gasteiger partial charge in [0.1, 0.15) is 19.0 Å². The first-order chi connectivity index (χ1) is 14.2. The minimum atomic E-state index is -4.79. The quantitative estimate of drug-likeness (QED) is 0.524. The Morgan fingerprint density at radius 1 is 1.17 bits per heavy atom. The highest BCUT2D eigenvalue weighted by Gasteiger charge is 2.31. The molecule has 0 saturated heterocycles. The lowest BCUT2D eigenvalue weighted by Crippen LogP contribution is -2.17. The Kier molecular flexibility index (Phi) is 6.04. The standard InChI is InChI=1S/C20H19F4N3O3/c1-2-27-16-11-14(30-20(22,23)24)7-8-15(16)17(25)18(27)12-3-5-13(6-4-12)26-19(28)29-10-9-21/h3-8,11H,2,9-10,25H2,1H3,(H,26,28). The van der Waals surface area contributed by atoms with E-state index in [1.807, 2.05) is 6.92 Å². The Morgan fingerprint density at radius 3 is 2.47 bits per heavy atom. The van der Waals surface area contributed by atoms with Gasteiger partial charge in [0.15, 0.2) is 0 Å². The molecule has 0 unspecified atom stereocenters. The van der Waals surface area contributed by atoms with Crippen LogP contribution in [0.4, 0.5) is 33.7 Å². The molecule has 3 aromatic rings. The minimum Gasteiger partial charge on any atom is -0.447 e. The Morgan fingerprint density at radius 2 is 1.87 bits per heavy atom. The van der Waals surface area contributed by atoms with E-state index in [-0.39, 0.29) is 12.4 Å². The van der Waals surface area contributed by atoms with E-state index >= 15 is 0 Å². The molecule has 30 heavy (non-hydrogen) atoms. The van der Waals surface area contributed by atoms with Gasteiger partial charge in [-0.1, -0.05) is 12.1 Å². The van der Waals surface area contributed by atoms with Gasteiger partial charge >= 0.3 is 12.5 Å². The number of alkyl halides is 4. The molecule has 1 amide bonds. The second-order valence-corrected chi connectivity index (χ2v) is 6.26. The summed E-state index contributed by atoms with van der Waals surface area (Å²) in [5.41, 5.74) is 8.96. The molecule has 0 aliphatic carbocycles. The molecule has 0 aliphatic rings. The van der Waals surface area contributed by atoms with Crippen molar-refractivity contribution in [1.29, 1.82) is 0 Å². The zero-order valence-corrected chi connectivity index (χ0v) is 15.9. The predicted molar refractivity (Wildman–Crippen MR) is 105 cm³/mol. The number of hydrogen-bond acceptors (Lipinski definition) is 4. The highest BCUT2D eigenvalue weighted by molar-refractivity contribution is 6.01. The van der Waals surface area contributed by atoms with Crippen molar-refractivity contribution in [2.45, 2.75) is 19.8 Å². The van der Waals surface area contributed by atoms with Crippen LogP contribution in [-0.2, 0) is 11.3 Å². The van der Waals surface area contributed by atoms with Crippen molar-refractivity contribution in [3.8, 4) is 17.0 Å². The molecular formula is C20H19F4N3O3. The van der Waals surface area contributed by atoms with E-state index in [0.717, 1.165) is 0 Å². The number of amides is 1. The summed E-state index contributed by atoms with van der Waals surface area (Å²) in [6.45, 7) is 1.19. The summed E-state index contributed by atoms with van der Waals surface area (Å²) in [4.78, 5) is 11.5. The molecule has 10 heteroatoms. The van der Waals surface area contributed by atoms with E-state index in [2.05, 4.69) is 14.8 Å². The molecule has 0 radical (unpaired) electrons. The van der Waals surface area contributed by atoms with Gasteiger partial charge in [-0.25, -0.2) is 9.18 Å². The Bertz CT molecular complexity index is 1050. The van der Waals surface area contributed by atoms with Crippen LogP contribution in [-0.4, -0.2) is 30.3 Å². The van der Waals surface area contributed by atoms with Crippen molar-refractivity contribution >= 4 is 28.4 Å². The molecule has 160 valence electrons. The lowest BCUT2D eigenvalue weighted by molar-refractivity contribution is -0.274. The zero-order valence-electron chi connectivity index (χ0n) is 15.9. The fourth-order valence-corrected chi connectivity index (χ4v) is 3.19. The summed E-state index contributed by atoms with van der Waals surface area (Å²) in [7, 11) is 0. The highest BCUT2D eigenvalue weighted by Crippen LogP contribution is 2.38. The zero-order chi connectivity index (χ0) is 21.9. The molecule has 1 aromatic heterocycles. The summed E-state index contributed by atoms with van der Waals surface area (Å²) in [5, 5.41) is 3.06. The molecule has 3 rings (SSSR count). The summed E-state index contributed by atoms with van der Waals surface area (Å²) in [6.07, 6.45) is -5.57. The number of hydrogen-bond donors (Lipinski definition) is 2. The van der Waals surface area contributed by atoms with Crippen LogP contribution in [0.25, 0.3) is 22.2 Å².